The standard InChI is InChI=1S/C13H22N6O7/c1-5(13(25)26)17-11(23)7(3-9(16)21)19-12(24)6(2-8(15)20)18-10(22)4-14/h5-7H,2-4,14H2,1H3,(H2,15,20)(H2,16,21)(H,17,23)(H,18,22)(H,19,24)(H,25,26)/t5-,6-,7-/m0/s1. The molecule has 0 aliphatic rings. The summed E-state index contributed by atoms with van der Waals surface area (Å²) in [5, 5.41) is 15.1. The minimum Gasteiger partial charge on any atom is -0.480 e. The van der Waals surface area contributed by atoms with E-state index in [1.807, 2.05) is 0 Å². The molecule has 0 aromatic carbocycles. The second-order valence-electron chi connectivity index (χ2n) is 5.29. The predicted molar refractivity (Wildman–Crippen MR) is 85.8 cm³/mol. The number of carbonyl (C=O) groups excluding carboxylic acids is 5. The summed E-state index contributed by atoms with van der Waals surface area (Å²) >= 11 is 0. The molecule has 0 unspecified atom stereocenters. The van der Waals surface area contributed by atoms with Crippen molar-refractivity contribution in [2.24, 2.45) is 17.2 Å². The van der Waals surface area contributed by atoms with Gasteiger partial charge < -0.3 is 38.3 Å². The molecule has 0 aromatic heterocycles. The van der Waals surface area contributed by atoms with Crippen LogP contribution in [0.25, 0.3) is 0 Å². The molecule has 26 heavy (non-hydrogen) atoms. The summed E-state index contributed by atoms with van der Waals surface area (Å²) in [6.07, 6.45) is -1.23. The molecule has 13 nitrogen and oxygen atoms in total. The number of hydrogen-bond donors (Lipinski definition) is 7. The van der Waals surface area contributed by atoms with Gasteiger partial charge in [-0.25, -0.2) is 0 Å². The molecule has 0 fully saturated rings. The van der Waals surface area contributed by atoms with E-state index in [2.05, 4.69) is 16.0 Å². The van der Waals surface area contributed by atoms with Crippen LogP contribution in [0.15, 0.2) is 0 Å². The molecule has 10 N–H and O–H groups in total. The van der Waals surface area contributed by atoms with Crippen molar-refractivity contribution < 1.29 is 33.9 Å². The monoisotopic (exact) mass is 374 g/mol. The predicted octanol–water partition coefficient (Wildman–Crippen LogP) is -4.75. The molecule has 5 amide bonds. The second kappa shape index (κ2) is 10.6. The smallest absolute Gasteiger partial charge is 0.325 e. The fraction of sp³-hybridized carbons (Fsp3) is 0.538. The zero-order valence-corrected chi connectivity index (χ0v) is 14.0. The third-order valence-electron chi connectivity index (χ3n) is 3.01. The Labute approximate surface area is 148 Å². The summed E-state index contributed by atoms with van der Waals surface area (Å²) in [6, 6.07) is -4.26. The van der Waals surface area contributed by atoms with Crippen LogP contribution in [0.5, 0.6) is 0 Å². The van der Waals surface area contributed by atoms with E-state index in [4.69, 9.17) is 22.3 Å². The molecule has 0 heterocycles. The highest BCUT2D eigenvalue weighted by molar-refractivity contribution is 5.97. The summed E-state index contributed by atoms with van der Waals surface area (Å²) < 4.78 is 0. The van der Waals surface area contributed by atoms with Crippen molar-refractivity contribution in [3.05, 3.63) is 0 Å². The van der Waals surface area contributed by atoms with E-state index in [1.54, 1.807) is 0 Å². The molecular formula is C13H22N6O7. The van der Waals surface area contributed by atoms with Crippen molar-refractivity contribution in [3.8, 4) is 0 Å². The molecule has 0 saturated heterocycles. The number of carboxylic acid groups (broad SMARTS) is 1. The lowest BCUT2D eigenvalue weighted by atomic mass is 10.1. The van der Waals surface area contributed by atoms with E-state index >= 15 is 0 Å². The van der Waals surface area contributed by atoms with Crippen LogP contribution in [-0.4, -0.2) is 65.3 Å². The van der Waals surface area contributed by atoms with Crippen molar-refractivity contribution in [1.82, 2.24) is 16.0 Å². The average Bonchev–Trinajstić information content (AvgIpc) is 2.52. The van der Waals surface area contributed by atoms with Crippen LogP contribution in [-0.2, 0) is 28.8 Å². The van der Waals surface area contributed by atoms with Gasteiger partial charge in [0.2, 0.25) is 29.5 Å². The molecule has 3 atom stereocenters. The van der Waals surface area contributed by atoms with Crippen LogP contribution in [0, 0.1) is 0 Å². The average molecular weight is 374 g/mol. The Balaban J connectivity index is 5.24. The summed E-state index contributed by atoms with van der Waals surface area (Å²) in [4.78, 5) is 68.5. The zero-order chi connectivity index (χ0) is 20.4. The van der Waals surface area contributed by atoms with Gasteiger partial charge in [-0.3, -0.25) is 28.8 Å². The Bertz CT molecular complexity index is 594. The van der Waals surface area contributed by atoms with Crippen LogP contribution in [0.1, 0.15) is 19.8 Å². The molecule has 0 radical (unpaired) electrons. The Morgan fingerprint density at radius 1 is 0.846 bits per heavy atom. The second-order valence-corrected chi connectivity index (χ2v) is 5.29. The summed E-state index contributed by atoms with van der Waals surface area (Å²) in [5.41, 5.74) is 15.1. The van der Waals surface area contributed by atoms with Crippen LogP contribution in [0.3, 0.4) is 0 Å². The van der Waals surface area contributed by atoms with Crippen molar-refractivity contribution in [1.29, 1.82) is 0 Å². The molecule has 0 aromatic rings. The van der Waals surface area contributed by atoms with Crippen LogP contribution in [0.2, 0.25) is 0 Å². The number of nitrogens with one attached hydrogen (secondary N) is 3. The zero-order valence-electron chi connectivity index (χ0n) is 14.0. The molecule has 146 valence electrons. The Hall–Kier alpha value is -3.22. The fourth-order valence-corrected chi connectivity index (χ4v) is 1.72. The first kappa shape index (κ1) is 22.8. The SMILES string of the molecule is C[C@H](NC(=O)[C@H](CC(N)=O)NC(=O)[C@H](CC(N)=O)NC(=O)CN)C(=O)O. The van der Waals surface area contributed by atoms with E-state index in [1.165, 1.54) is 6.92 Å². The minimum absolute atomic E-state index is 0.468. The van der Waals surface area contributed by atoms with Crippen LogP contribution >= 0.6 is 0 Å². The van der Waals surface area contributed by atoms with E-state index < -0.39 is 73.0 Å². The molecule has 13 heteroatoms. The van der Waals surface area contributed by atoms with Crippen molar-refractivity contribution >= 4 is 35.5 Å². The summed E-state index contributed by atoms with van der Waals surface area (Å²) in [5.74, 6) is -5.97. The number of nitrogens with two attached hydrogens (primary N) is 3. The van der Waals surface area contributed by atoms with Gasteiger partial charge in [-0.2, -0.15) is 0 Å². The van der Waals surface area contributed by atoms with Gasteiger partial charge in [0.15, 0.2) is 0 Å². The number of hydrogen-bond acceptors (Lipinski definition) is 7. The Kier molecular flexibility index (Phi) is 9.29. The van der Waals surface area contributed by atoms with E-state index in [0.29, 0.717) is 0 Å². The van der Waals surface area contributed by atoms with E-state index in [9.17, 15) is 28.8 Å². The van der Waals surface area contributed by atoms with Gasteiger partial charge in [0.1, 0.15) is 18.1 Å². The molecule has 0 aliphatic heterocycles. The normalized spacial score (nSPS) is 13.6. The lowest BCUT2D eigenvalue weighted by Crippen LogP contribution is -2.57. The molecule has 0 saturated carbocycles. The quantitative estimate of drug-likeness (QED) is 0.185. The van der Waals surface area contributed by atoms with Crippen LogP contribution < -0.4 is 33.2 Å². The minimum atomic E-state index is -1.52. The first-order valence-corrected chi connectivity index (χ1v) is 7.37. The molecule has 0 aliphatic carbocycles. The van der Waals surface area contributed by atoms with Gasteiger partial charge in [0.25, 0.3) is 0 Å². The number of rotatable bonds is 11. The van der Waals surface area contributed by atoms with Gasteiger partial charge >= 0.3 is 5.97 Å². The molecular weight excluding hydrogens is 352 g/mol. The maximum Gasteiger partial charge on any atom is 0.325 e. The first-order chi connectivity index (χ1) is 12.0. The maximum absolute atomic E-state index is 12.2. The number of carbonyl (C=O) groups is 6. The Morgan fingerprint density at radius 2 is 1.27 bits per heavy atom. The number of aliphatic carboxylic acids is 1. The van der Waals surface area contributed by atoms with Gasteiger partial charge in [-0.15, -0.1) is 0 Å². The van der Waals surface area contributed by atoms with E-state index in [-0.39, 0.29) is 0 Å². The van der Waals surface area contributed by atoms with Crippen LogP contribution in [0.4, 0.5) is 0 Å². The van der Waals surface area contributed by atoms with E-state index in [0.717, 1.165) is 0 Å². The first-order valence-electron chi connectivity index (χ1n) is 7.37. The highest BCUT2D eigenvalue weighted by Crippen LogP contribution is 1.99. The van der Waals surface area contributed by atoms with Crippen molar-refractivity contribution in [2.75, 3.05) is 6.54 Å². The number of primary amides is 2. The third-order valence-corrected chi connectivity index (χ3v) is 3.01. The highest BCUT2D eigenvalue weighted by Gasteiger charge is 2.30. The summed E-state index contributed by atoms with van der Waals surface area (Å²) in [6.45, 7) is 0.699. The fourth-order valence-electron chi connectivity index (χ4n) is 1.72. The van der Waals surface area contributed by atoms with Gasteiger partial charge in [-0.05, 0) is 6.92 Å². The lowest BCUT2D eigenvalue weighted by Gasteiger charge is -2.22. The largest absolute Gasteiger partial charge is 0.480 e. The number of amides is 5. The van der Waals surface area contributed by atoms with Crippen molar-refractivity contribution in [3.63, 3.8) is 0 Å². The van der Waals surface area contributed by atoms with Crippen molar-refractivity contribution in [2.45, 2.75) is 37.9 Å². The number of carboxylic acids is 1. The topological polar surface area (TPSA) is 237 Å². The maximum atomic E-state index is 12.2. The summed E-state index contributed by atoms with van der Waals surface area (Å²) in [7, 11) is 0. The van der Waals surface area contributed by atoms with Gasteiger partial charge in [0, 0.05) is 0 Å². The molecule has 0 spiro atoms. The third kappa shape index (κ3) is 8.58. The lowest BCUT2D eigenvalue weighted by molar-refractivity contribution is -0.142. The van der Waals surface area contributed by atoms with Gasteiger partial charge in [-0.1, -0.05) is 0 Å². The molecule has 0 rings (SSSR count). The van der Waals surface area contributed by atoms with Gasteiger partial charge in [0.05, 0.1) is 19.4 Å². The Morgan fingerprint density at radius 3 is 1.65 bits per heavy atom. The molecule has 0 bridgehead atoms. The highest BCUT2D eigenvalue weighted by atomic mass is 16.4.